The van der Waals surface area contributed by atoms with Crippen molar-refractivity contribution in [3.63, 3.8) is 0 Å². The van der Waals surface area contributed by atoms with Crippen molar-refractivity contribution in [1.29, 1.82) is 0 Å². The molecule has 158 valence electrons. The number of nitrogens with two attached hydrogens (primary N) is 1. The molecule has 1 atom stereocenters. The summed E-state index contributed by atoms with van der Waals surface area (Å²) in [7, 11) is 0. The third-order valence-corrected chi connectivity index (χ3v) is 5.61. The van der Waals surface area contributed by atoms with Crippen LogP contribution in [0.3, 0.4) is 0 Å². The van der Waals surface area contributed by atoms with Crippen LogP contribution in [0.2, 0.25) is 0 Å². The number of nitrogens with one attached hydrogen (secondary N) is 1. The van der Waals surface area contributed by atoms with Crippen molar-refractivity contribution in [3.05, 3.63) is 72.2 Å². The molecule has 3 aromatic rings. The van der Waals surface area contributed by atoms with Crippen molar-refractivity contribution in [2.24, 2.45) is 11.7 Å². The van der Waals surface area contributed by atoms with E-state index in [0.717, 1.165) is 29.7 Å². The van der Waals surface area contributed by atoms with Crippen LogP contribution in [-0.2, 0) is 11.2 Å². The first-order valence-electron chi connectivity index (χ1n) is 9.89. The minimum Gasteiger partial charge on any atom is -0.349 e. The van der Waals surface area contributed by atoms with Gasteiger partial charge in [0.25, 0.3) is 0 Å². The lowest BCUT2D eigenvalue weighted by Crippen LogP contribution is -2.53. The van der Waals surface area contributed by atoms with Gasteiger partial charge in [-0.25, -0.2) is 9.07 Å². The molecule has 1 aliphatic rings. The highest BCUT2D eigenvalue weighted by atomic mass is 35.5. The molecule has 30 heavy (non-hydrogen) atoms. The summed E-state index contributed by atoms with van der Waals surface area (Å²) in [6, 6.07) is 15.9. The van der Waals surface area contributed by atoms with Gasteiger partial charge >= 0.3 is 0 Å². The van der Waals surface area contributed by atoms with Crippen LogP contribution in [0.15, 0.2) is 60.8 Å². The molecule has 7 heteroatoms. The van der Waals surface area contributed by atoms with Crippen molar-refractivity contribution >= 4 is 18.3 Å². The van der Waals surface area contributed by atoms with E-state index >= 15 is 0 Å². The van der Waals surface area contributed by atoms with Gasteiger partial charge in [-0.2, -0.15) is 5.10 Å². The van der Waals surface area contributed by atoms with Gasteiger partial charge in [0.15, 0.2) is 0 Å². The normalized spacial score (nSPS) is 15.2. The number of hydrogen-bond donors (Lipinski definition) is 2. The Bertz CT molecular complexity index is 1000. The van der Waals surface area contributed by atoms with Crippen LogP contribution in [-0.4, -0.2) is 27.8 Å². The predicted molar refractivity (Wildman–Crippen MR) is 118 cm³/mol. The zero-order valence-corrected chi connectivity index (χ0v) is 17.7. The zero-order chi connectivity index (χ0) is 20.4. The van der Waals surface area contributed by atoms with E-state index in [1.54, 1.807) is 16.8 Å². The highest BCUT2D eigenvalue weighted by Crippen LogP contribution is 2.39. The SMILES string of the molecule is CC(CN)(NC(=O)Cc1cn(-c2ccccc2)nc1-c1ccc(F)cc1)C1CC1.Cl. The number of carbonyl (C=O) groups is 1. The Morgan fingerprint density at radius 3 is 2.47 bits per heavy atom. The summed E-state index contributed by atoms with van der Waals surface area (Å²) in [6.07, 6.45) is 4.24. The first-order chi connectivity index (χ1) is 14.0. The smallest absolute Gasteiger partial charge is 0.225 e. The van der Waals surface area contributed by atoms with Gasteiger partial charge < -0.3 is 11.1 Å². The van der Waals surface area contributed by atoms with Gasteiger partial charge in [-0.3, -0.25) is 4.79 Å². The average Bonchev–Trinajstić information content (AvgIpc) is 3.51. The molecule has 1 amide bonds. The van der Waals surface area contributed by atoms with E-state index in [1.165, 1.54) is 12.1 Å². The fourth-order valence-electron chi connectivity index (χ4n) is 3.68. The molecule has 0 bridgehead atoms. The lowest BCUT2D eigenvalue weighted by atomic mass is 9.95. The minimum atomic E-state index is -0.372. The summed E-state index contributed by atoms with van der Waals surface area (Å²) >= 11 is 0. The molecule has 1 fully saturated rings. The third-order valence-electron chi connectivity index (χ3n) is 5.61. The molecule has 0 saturated heterocycles. The predicted octanol–water partition coefficient (Wildman–Crippen LogP) is 3.89. The van der Waals surface area contributed by atoms with Gasteiger partial charge in [-0.05, 0) is 62.1 Å². The second-order valence-corrected chi connectivity index (χ2v) is 7.91. The highest BCUT2D eigenvalue weighted by molar-refractivity contribution is 5.85. The third kappa shape index (κ3) is 4.71. The Balaban J connectivity index is 0.00000256. The molecule has 1 unspecified atom stereocenters. The molecular weight excluding hydrogens is 403 g/mol. The zero-order valence-electron chi connectivity index (χ0n) is 16.8. The highest BCUT2D eigenvalue weighted by Gasteiger charge is 2.41. The molecule has 1 aliphatic carbocycles. The molecule has 1 heterocycles. The quantitative estimate of drug-likeness (QED) is 0.599. The maximum absolute atomic E-state index is 13.4. The number of rotatable bonds is 7. The number of amides is 1. The Morgan fingerprint density at radius 2 is 1.87 bits per heavy atom. The Morgan fingerprint density at radius 1 is 1.20 bits per heavy atom. The number of halogens is 2. The van der Waals surface area contributed by atoms with Crippen LogP contribution in [0.25, 0.3) is 16.9 Å². The van der Waals surface area contributed by atoms with Gasteiger partial charge in [0.05, 0.1) is 23.3 Å². The van der Waals surface area contributed by atoms with Crippen LogP contribution in [0, 0.1) is 11.7 Å². The standard InChI is InChI=1S/C23H25FN4O.ClH/c1-23(15-25,18-9-10-18)26-21(29)13-17-14-28(20-5-3-2-4-6-20)27-22(17)16-7-11-19(24)12-8-16;/h2-8,11-12,14,18H,9-10,13,15,25H2,1H3,(H,26,29);1H. The van der Waals surface area contributed by atoms with Crippen molar-refractivity contribution in [2.45, 2.75) is 31.7 Å². The van der Waals surface area contributed by atoms with Crippen molar-refractivity contribution in [1.82, 2.24) is 15.1 Å². The first kappa shape index (κ1) is 22.0. The van der Waals surface area contributed by atoms with Crippen LogP contribution >= 0.6 is 12.4 Å². The second kappa shape index (κ2) is 8.98. The molecule has 4 rings (SSSR count). The summed E-state index contributed by atoms with van der Waals surface area (Å²) in [6.45, 7) is 2.42. The molecule has 1 aromatic heterocycles. The topological polar surface area (TPSA) is 72.9 Å². The largest absolute Gasteiger partial charge is 0.349 e. The van der Waals surface area contributed by atoms with Crippen molar-refractivity contribution in [3.8, 4) is 16.9 Å². The number of nitrogens with zero attached hydrogens (tertiary/aromatic N) is 2. The Labute approximate surface area is 181 Å². The molecule has 0 spiro atoms. The van der Waals surface area contributed by atoms with Gasteiger partial charge in [-0.1, -0.05) is 18.2 Å². The maximum atomic E-state index is 13.4. The van der Waals surface area contributed by atoms with Gasteiger partial charge in [0.2, 0.25) is 5.91 Å². The second-order valence-electron chi connectivity index (χ2n) is 7.91. The molecule has 1 saturated carbocycles. The van der Waals surface area contributed by atoms with Crippen molar-refractivity contribution in [2.75, 3.05) is 6.54 Å². The average molecular weight is 429 g/mol. The van der Waals surface area contributed by atoms with Gasteiger partial charge in [0, 0.05) is 23.9 Å². The molecule has 5 nitrogen and oxygen atoms in total. The van der Waals surface area contributed by atoms with Crippen LogP contribution in [0.5, 0.6) is 0 Å². The van der Waals surface area contributed by atoms with E-state index in [9.17, 15) is 9.18 Å². The van der Waals surface area contributed by atoms with Crippen LogP contribution < -0.4 is 11.1 Å². The number of carbonyl (C=O) groups excluding carboxylic acids is 1. The summed E-state index contributed by atoms with van der Waals surface area (Å²) in [5, 5.41) is 7.82. The summed E-state index contributed by atoms with van der Waals surface area (Å²) in [5.41, 5.74) is 8.69. The fourth-order valence-corrected chi connectivity index (χ4v) is 3.68. The number of hydrogen-bond acceptors (Lipinski definition) is 3. The first-order valence-corrected chi connectivity index (χ1v) is 9.89. The monoisotopic (exact) mass is 428 g/mol. The summed E-state index contributed by atoms with van der Waals surface area (Å²) < 4.78 is 15.1. The Kier molecular flexibility index (Phi) is 6.58. The van der Waals surface area contributed by atoms with E-state index in [4.69, 9.17) is 5.73 Å². The van der Waals surface area contributed by atoms with Crippen LogP contribution in [0.1, 0.15) is 25.3 Å². The Hall–Kier alpha value is -2.70. The number of para-hydroxylation sites is 1. The molecular formula is C23H26ClFN4O. The number of aromatic nitrogens is 2. The van der Waals surface area contributed by atoms with Gasteiger partial charge in [0.1, 0.15) is 5.82 Å². The fraction of sp³-hybridized carbons (Fsp3) is 0.304. The van der Waals surface area contributed by atoms with E-state index in [2.05, 4.69) is 10.4 Å². The minimum absolute atomic E-state index is 0. The van der Waals surface area contributed by atoms with E-state index in [0.29, 0.717) is 18.2 Å². The lowest BCUT2D eigenvalue weighted by Gasteiger charge is -2.29. The summed E-state index contributed by atoms with van der Waals surface area (Å²) in [5.74, 6) is 0.0552. The molecule has 0 aliphatic heterocycles. The number of benzene rings is 2. The van der Waals surface area contributed by atoms with E-state index in [1.807, 2.05) is 43.5 Å². The molecule has 0 radical (unpaired) electrons. The van der Waals surface area contributed by atoms with Crippen molar-refractivity contribution < 1.29 is 9.18 Å². The maximum Gasteiger partial charge on any atom is 0.225 e. The van der Waals surface area contributed by atoms with E-state index in [-0.39, 0.29) is 36.1 Å². The van der Waals surface area contributed by atoms with Crippen LogP contribution in [0.4, 0.5) is 4.39 Å². The molecule has 2 aromatic carbocycles. The molecule has 3 N–H and O–H groups in total. The lowest BCUT2D eigenvalue weighted by molar-refractivity contribution is -0.122. The van der Waals surface area contributed by atoms with E-state index < -0.39 is 0 Å². The van der Waals surface area contributed by atoms with Gasteiger partial charge in [-0.15, -0.1) is 12.4 Å². The summed E-state index contributed by atoms with van der Waals surface area (Å²) in [4.78, 5) is 12.8.